The lowest BCUT2D eigenvalue weighted by Crippen LogP contribution is -2.30. The molecule has 0 bridgehead atoms. The van der Waals surface area contributed by atoms with Gasteiger partial charge in [0.15, 0.2) is 23.4 Å². The molecule has 1 amide bonds. The highest BCUT2D eigenvalue weighted by Crippen LogP contribution is 2.35. The van der Waals surface area contributed by atoms with Crippen LogP contribution in [0.3, 0.4) is 0 Å². The molecule has 0 radical (unpaired) electrons. The molecule has 8 nitrogen and oxygen atoms in total. The van der Waals surface area contributed by atoms with E-state index in [1.807, 2.05) is 36.4 Å². The molecule has 1 aromatic heterocycles. The van der Waals surface area contributed by atoms with E-state index in [1.54, 1.807) is 25.1 Å². The van der Waals surface area contributed by atoms with Crippen LogP contribution in [0.5, 0.6) is 17.2 Å². The predicted molar refractivity (Wildman–Crippen MR) is 129 cm³/mol. The summed E-state index contributed by atoms with van der Waals surface area (Å²) in [5.41, 5.74) is 2.32. The molecule has 2 aromatic carbocycles. The number of nitrogens with zero attached hydrogens (tertiary/aromatic N) is 3. The van der Waals surface area contributed by atoms with E-state index in [0.717, 1.165) is 30.2 Å². The lowest BCUT2D eigenvalue weighted by Gasteiger charge is -2.20. The maximum atomic E-state index is 12.7. The fraction of sp³-hybridized carbons (Fsp3) is 0.346. The molecule has 2 aliphatic rings. The van der Waals surface area contributed by atoms with E-state index < -0.39 is 6.10 Å². The van der Waals surface area contributed by atoms with Crippen molar-refractivity contribution >= 4 is 17.4 Å². The fourth-order valence-corrected chi connectivity index (χ4v) is 4.16. The minimum atomic E-state index is -0.697. The van der Waals surface area contributed by atoms with Crippen LogP contribution in [0.4, 0.5) is 11.5 Å². The van der Waals surface area contributed by atoms with Crippen molar-refractivity contribution in [3.05, 3.63) is 54.6 Å². The van der Waals surface area contributed by atoms with Gasteiger partial charge in [-0.3, -0.25) is 4.79 Å². The third kappa shape index (κ3) is 5.06. The van der Waals surface area contributed by atoms with Crippen molar-refractivity contribution in [2.24, 2.45) is 0 Å². The summed E-state index contributed by atoms with van der Waals surface area (Å²) in [6.45, 7) is 3.96. The van der Waals surface area contributed by atoms with Gasteiger partial charge in [-0.2, -0.15) is 0 Å². The third-order valence-corrected chi connectivity index (χ3v) is 6.03. The molecule has 0 spiro atoms. The maximum absolute atomic E-state index is 12.7. The van der Waals surface area contributed by atoms with Crippen LogP contribution < -0.4 is 24.4 Å². The normalized spacial score (nSPS) is 16.0. The SMILES string of the molecule is CC(Oc1ccc2c(c1)OCO2)C(=O)Nc1cccc(-c2ccc(N3CCCCCC3)nn2)c1. The molecule has 1 unspecified atom stereocenters. The highest BCUT2D eigenvalue weighted by Gasteiger charge is 2.19. The second-order valence-electron chi connectivity index (χ2n) is 8.52. The number of ether oxygens (including phenoxy) is 3. The van der Waals surface area contributed by atoms with Gasteiger partial charge in [0, 0.05) is 30.4 Å². The first-order chi connectivity index (χ1) is 16.7. The van der Waals surface area contributed by atoms with E-state index in [4.69, 9.17) is 14.2 Å². The van der Waals surface area contributed by atoms with E-state index in [2.05, 4.69) is 20.4 Å². The Morgan fingerprint density at radius 2 is 1.79 bits per heavy atom. The van der Waals surface area contributed by atoms with Gasteiger partial charge in [0.25, 0.3) is 5.91 Å². The monoisotopic (exact) mass is 460 g/mol. The Kier molecular flexibility index (Phi) is 6.46. The average Bonchev–Trinajstić information content (AvgIpc) is 3.16. The Morgan fingerprint density at radius 1 is 0.971 bits per heavy atom. The molecule has 3 heterocycles. The number of carbonyl (C=O) groups excluding carboxylic acids is 1. The first kappa shape index (κ1) is 22.0. The summed E-state index contributed by atoms with van der Waals surface area (Å²) in [7, 11) is 0. The van der Waals surface area contributed by atoms with Crippen molar-refractivity contribution in [2.45, 2.75) is 38.7 Å². The van der Waals surface area contributed by atoms with Crippen LogP contribution in [0.1, 0.15) is 32.6 Å². The van der Waals surface area contributed by atoms with Crippen molar-refractivity contribution in [1.82, 2.24) is 10.2 Å². The number of hydrogen-bond donors (Lipinski definition) is 1. The molecule has 34 heavy (non-hydrogen) atoms. The fourth-order valence-electron chi connectivity index (χ4n) is 4.16. The van der Waals surface area contributed by atoms with Crippen LogP contribution in [-0.2, 0) is 4.79 Å². The Hall–Kier alpha value is -3.81. The van der Waals surface area contributed by atoms with Crippen molar-refractivity contribution in [3.63, 3.8) is 0 Å². The molecule has 3 aromatic rings. The van der Waals surface area contributed by atoms with Gasteiger partial charge in [0.2, 0.25) is 6.79 Å². The second-order valence-corrected chi connectivity index (χ2v) is 8.52. The minimum Gasteiger partial charge on any atom is -0.481 e. The molecule has 0 saturated carbocycles. The van der Waals surface area contributed by atoms with Gasteiger partial charge in [0.1, 0.15) is 5.75 Å². The molecule has 8 heteroatoms. The number of benzene rings is 2. The molecule has 1 atom stereocenters. The zero-order valence-electron chi connectivity index (χ0n) is 19.2. The molecule has 1 saturated heterocycles. The van der Waals surface area contributed by atoms with Crippen LogP contribution in [0.15, 0.2) is 54.6 Å². The topological polar surface area (TPSA) is 85.8 Å². The van der Waals surface area contributed by atoms with Gasteiger partial charge < -0.3 is 24.4 Å². The molecule has 176 valence electrons. The summed E-state index contributed by atoms with van der Waals surface area (Å²) in [4.78, 5) is 15.0. The van der Waals surface area contributed by atoms with Crippen LogP contribution in [0, 0.1) is 0 Å². The summed E-state index contributed by atoms with van der Waals surface area (Å²) >= 11 is 0. The zero-order valence-corrected chi connectivity index (χ0v) is 19.2. The van der Waals surface area contributed by atoms with Gasteiger partial charge in [-0.25, -0.2) is 0 Å². The first-order valence-corrected chi connectivity index (χ1v) is 11.7. The van der Waals surface area contributed by atoms with E-state index in [9.17, 15) is 4.79 Å². The summed E-state index contributed by atoms with van der Waals surface area (Å²) < 4.78 is 16.5. The smallest absolute Gasteiger partial charge is 0.265 e. The van der Waals surface area contributed by atoms with Gasteiger partial charge >= 0.3 is 0 Å². The minimum absolute atomic E-state index is 0.191. The molecule has 5 rings (SSSR count). The summed E-state index contributed by atoms with van der Waals surface area (Å²) in [6, 6.07) is 16.8. The Balaban J connectivity index is 1.22. The van der Waals surface area contributed by atoms with E-state index in [0.29, 0.717) is 22.9 Å². The number of amides is 1. The summed E-state index contributed by atoms with van der Waals surface area (Å²) in [5, 5.41) is 11.8. The summed E-state index contributed by atoms with van der Waals surface area (Å²) in [6.07, 6.45) is 4.25. The number of nitrogens with one attached hydrogen (secondary N) is 1. The quantitative estimate of drug-likeness (QED) is 0.573. The number of hydrogen-bond acceptors (Lipinski definition) is 7. The Morgan fingerprint density at radius 3 is 2.59 bits per heavy atom. The van der Waals surface area contributed by atoms with Crippen molar-refractivity contribution in [3.8, 4) is 28.5 Å². The second kappa shape index (κ2) is 9.99. The first-order valence-electron chi connectivity index (χ1n) is 11.7. The van der Waals surface area contributed by atoms with E-state index in [1.165, 1.54) is 25.7 Å². The highest BCUT2D eigenvalue weighted by molar-refractivity contribution is 5.94. The van der Waals surface area contributed by atoms with Gasteiger partial charge in [-0.15, -0.1) is 10.2 Å². The summed E-state index contributed by atoms with van der Waals surface area (Å²) in [5.74, 6) is 2.49. The van der Waals surface area contributed by atoms with Crippen LogP contribution >= 0.6 is 0 Å². The number of fused-ring (bicyclic) bond motifs is 1. The highest BCUT2D eigenvalue weighted by atomic mass is 16.7. The van der Waals surface area contributed by atoms with Crippen molar-refractivity contribution < 1.29 is 19.0 Å². The lowest BCUT2D eigenvalue weighted by atomic mass is 10.1. The van der Waals surface area contributed by atoms with Gasteiger partial charge in [0.05, 0.1) is 5.69 Å². The van der Waals surface area contributed by atoms with Gasteiger partial charge in [-0.1, -0.05) is 25.0 Å². The number of rotatable bonds is 6. The van der Waals surface area contributed by atoms with Crippen LogP contribution in [0.2, 0.25) is 0 Å². The molecular weight excluding hydrogens is 432 g/mol. The van der Waals surface area contributed by atoms with E-state index in [-0.39, 0.29) is 12.7 Å². The largest absolute Gasteiger partial charge is 0.481 e. The zero-order chi connectivity index (χ0) is 23.3. The molecular formula is C26H28N4O4. The number of carbonyl (C=O) groups is 1. The van der Waals surface area contributed by atoms with Gasteiger partial charge in [-0.05, 0) is 56.2 Å². The third-order valence-electron chi connectivity index (χ3n) is 6.03. The molecule has 1 fully saturated rings. The average molecular weight is 461 g/mol. The van der Waals surface area contributed by atoms with Crippen molar-refractivity contribution in [1.29, 1.82) is 0 Å². The Labute approximate surface area is 198 Å². The maximum Gasteiger partial charge on any atom is 0.265 e. The molecule has 1 N–H and O–H groups in total. The number of anilines is 2. The van der Waals surface area contributed by atoms with Crippen molar-refractivity contribution in [2.75, 3.05) is 30.1 Å². The lowest BCUT2D eigenvalue weighted by molar-refractivity contribution is -0.122. The van der Waals surface area contributed by atoms with Crippen LogP contribution in [-0.4, -0.2) is 42.1 Å². The standard InChI is InChI=1S/C26H28N4O4/c1-18(34-21-9-11-23-24(16-21)33-17-32-23)26(31)27-20-8-6-7-19(15-20)22-10-12-25(29-28-22)30-13-4-2-3-5-14-30/h6-12,15-16,18H,2-5,13-14,17H2,1H3,(H,27,31). The number of aromatic nitrogens is 2. The van der Waals surface area contributed by atoms with E-state index >= 15 is 0 Å². The predicted octanol–water partition coefficient (Wildman–Crippen LogP) is 4.66. The molecule has 0 aliphatic carbocycles. The Bertz CT molecular complexity index is 1140. The van der Waals surface area contributed by atoms with Crippen LogP contribution in [0.25, 0.3) is 11.3 Å². The molecule has 2 aliphatic heterocycles.